The average Bonchev–Trinajstić information content (AvgIpc) is 3.38. The summed E-state index contributed by atoms with van der Waals surface area (Å²) in [6.07, 6.45) is 3.19. The van der Waals surface area contributed by atoms with E-state index in [0.29, 0.717) is 38.1 Å². The Bertz CT molecular complexity index is 1190. The molecule has 0 aliphatic carbocycles. The van der Waals surface area contributed by atoms with E-state index in [2.05, 4.69) is 18.3 Å². The summed E-state index contributed by atoms with van der Waals surface area (Å²) in [6.45, 7) is 5.33. The topological polar surface area (TPSA) is 67.9 Å². The third-order valence-corrected chi connectivity index (χ3v) is 6.60. The van der Waals surface area contributed by atoms with Crippen LogP contribution >= 0.6 is 0 Å². The molecule has 0 spiro atoms. The Hall–Kier alpha value is -3.80. The zero-order valence-corrected chi connectivity index (χ0v) is 21.7. The summed E-state index contributed by atoms with van der Waals surface area (Å²) in [5.74, 6) is 1.27. The molecular formula is C31H36N2O4. The molecule has 1 N–H and O–H groups in total. The predicted molar refractivity (Wildman–Crippen MR) is 144 cm³/mol. The lowest BCUT2D eigenvalue weighted by Crippen LogP contribution is -2.50. The van der Waals surface area contributed by atoms with E-state index in [1.165, 1.54) is 0 Å². The Balaban J connectivity index is 1.58. The Morgan fingerprint density at radius 1 is 0.919 bits per heavy atom. The van der Waals surface area contributed by atoms with E-state index in [1.54, 1.807) is 4.90 Å². The molecule has 2 amide bonds. The molecule has 0 radical (unpaired) electrons. The van der Waals surface area contributed by atoms with Crippen molar-refractivity contribution in [2.45, 2.75) is 58.5 Å². The minimum absolute atomic E-state index is 0.0502. The van der Waals surface area contributed by atoms with Crippen LogP contribution in [0, 0.1) is 6.92 Å². The molecule has 194 valence electrons. The van der Waals surface area contributed by atoms with Gasteiger partial charge in [-0.1, -0.05) is 79.6 Å². The van der Waals surface area contributed by atoms with Crippen molar-refractivity contribution >= 4 is 11.8 Å². The van der Waals surface area contributed by atoms with E-state index in [9.17, 15) is 9.59 Å². The van der Waals surface area contributed by atoms with Gasteiger partial charge >= 0.3 is 0 Å². The van der Waals surface area contributed by atoms with Gasteiger partial charge in [0.25, 0.3) is 0 Å². The fraction of sp³-hybridized carbons (Fsp3) is 0.355. The summed E-state index contributed by atoms with van der Waals surface area (Å²) in [6, 6.07) is 23.2. The van der Waals surface area contributed by atoms with Crippen LogP contribution in [0.2, 0.25) is 0 Å². The van der Waals surface area contributed by atoms with Crippen molar-refractivity contribution in [1.29, 1.82) is 0 Å². The molecule has 4 rings (SSSR count). The number of nitrogens with zero attached hydrogens (tertiary/aromatic N) is 1. The van der Waals surface area contributed by atoms with Crippen LogP contribution in [0.1, 0.15) is 48.4 Å². The lowest BCUT2D eigenvalue weighted by Gasteiger charge is -2.32. The van der Waals surface area contributed by atoms with Crippen LogP contribution in [0.3, 0.4) is 0 Å². The van der Waals surface area contributed by atoms with E-state index in [1.807, 2.05) is 73.7 Å². The monoisotopic (exact) mass is 500 g/mol. The molecular weight excluding hydrogens is 464 g/mol. The molecule has 1 heterocycles. The lowest BCUT2D eigenvalue weighted by molar-refractivity contribution is -0.141. The Morgan fingerprint density at radius 2 is 1.70 bits per heavy atom. The van der Waals surface area contributed by atoms with Crippen molar-refractivity contribution in [1.82, 2.24) is 10.2 Å². The van der Waals surface area contributed by atoms with E-state index in [4.69, 9.17) is 9.47 Å². The number of hydrogen-bond acceptors (Lipinski definition) is 4. The quantitative estimate of drug-likeness (QED) is 0.347. The van der Waals surface area contributed by atoms with Crippen molar-refractivity contribution in [2.75, 3.05) is 13.3 Å². The average molecular weight is 501 g/mol. The summed E-state index contributed by atoms with van der Waals surface area (Å²) in [7, 11) is 0. The molecule has 3 aromatic carbocycles. The Labute approximate surface area is 219 Å². The minimum Gasteiger partial charge on any atom is -0.454 e. The maximum atomic E-state index is 13.8. The number of aryl methyl sites for hydroxylation is 2. The fourth-order valence-electron chi connectivity index (χ4n) is 4.56. The van der Waals surface area contributed by atoms with Gasteiger partial charge in [0.2, 0.25) is 18.6 Å². The van der Waals surface area contributed by atoms with Gasteiger partial charge in [-0.25, -0.2) is 0 Å². The molecule has 1 unspecified atom stereocenters. The van der Waals surface area contributed by atoms with Crippen molar-refractivity contribution < 1.29 is 19.1 Å². The Morgan fingerprint density at radius 3 is 2.49 bits per heavy atom. The summed E-state index contributed by atoms with van der Waals surface area (Å²) < 4.78 is 10.9. The van der Waals surface area contributed by atoms with Crippen LogP contribution < -0.4 is 14.8 Å². The fourth-order valence-corrected chi connectivity index (χ4v) is 4.56. The highest BCUT2D eigenvalue weighted by molar-refractivity contribution is 5.88. The molecule has 0 fully saturated rings. The largest absolute Gasteiger partial charge is 0.454 e. The number of hydrogen-bond donors (Lipinski definition) is 1. The van der Waals surface area contributed by atoms with E-state index >= 15 is 0 Å². The van der Waals surface area contributed by atoms with Gasteiger partial charge in [0, 0.05) is 25.9 Å². The number of unbranched alkanes of at least 4 members (excludes halogenated alkanes) is 1. The van der Waals surface area contributed by atoms with E-state index < -0.39 is 6.04 Å². The molecule has 0 aromatic heterocycles. The normalized spacial score (nSPS) is 12.7. The second-order valence-electron chi connectivity index (χ2n) is 9.55. The van der Waals surface area contributed by atoms with Gasteiger partial charge in [0.15, 0.2) is 11.5 Å². The molecule has 6 nitrogen and oxygen atoms in total. The summed E-state index contributed by atoms with van der Waals surface area (Å²) in [5, 5.41) is 3.08. The molecule has 1 atom stereocenters. The molecule has 0 saturated heterocycles. The highest BCUT2D eigenvalue weighted by Crippen LogP contribution is 2.33. The molecule has 1 aliphatic heterocycles. The molecule has 0 bridgehead atoms. The number of carbonyl (C=O) groups is 2. The molecule has 1 aliphatic rings. The number of fused-ring (bicyclic) bond motifs is 1. The third-order valence-electron chi connectivity index (χ3n) is 6.60. The van der Waals surface area contributed by atoms with E-state index in [0.717, 1.165) is 40.8 Å². The highest BCUT2D eigenvalue weighted by atomic mass is 16.7. The lowest BCUT2D eigenvalue weighted by atomic mass is 10.0. The van der Waals surface area contributed by atoms with Gasteiger partial charge in [-0.2, -0.15) is 0 Å². The second-order valence-corrected chi connectivity index (χ2v) is 9.55. The highest BCUT2D eigenvalue weighted by Gasteiger charge is 2.30. The number of ether oxygens (including phenoxy) is 2. The first kappa shape index (κ1) is 26.3. The standard InChI is InChI=1S/C31H36N2O4/c1-3-4-17-32-31(35)27(19-24-10-6-5-7-11-24)33(21-26-12-8-9-23(2)18-26)30(34)16-14-25-13-15-28-29(20-25)37-22-36-28/h5-13,15,18,20,27H,3-4,14,16-17,19,21-22H2,1-2H3,(H,32,35). The third kappa shape index (κ3) is 7.35. The summed E-state index contributed by atoms with van der Waals surface area (Å²) in [5.41, 5.74) is 4.16. The molecule has 0 saturated carbocycles. The van der Waals surface area contributed by atoms with Crippen molar-refractivity contribution in [3.63, 3.8) is 0 Å². The van der Waals surface area contributed by atoms with Crippen molar-refractivity contribution in [3.05, 3.63) is 95.1 Å². The number of amides is 2. The van der Waals surface area contributed by atoms with Gasteiger partial charge in [-0.3, -0.25) is 9.59 Å². The first-order chi connectivity index (χ1) is 18.0. The van der Waals surface area contributed by atoms with E-state index in [-0.39, 0.29) is 18.6 Å². The van der Waals surface area contributed by atoms with Gasteiger partial charge < -0.3 is 19.7 Å². The second kappa shape index (κ2) is 12.9. The zero-order valence-electron chi connectivity index (χ0n) is 21.7. The SMILES string of the molecule is CCCCNC(=O)C(Cc1ccccc1)N(Cc1cccc(C)c1)C(=O)CCc1ccc2c(c1)OCO2. The number of rotatable bonds is 12. The van der Waals surface area contributed by atoms with Crippen LogP contribution in [-0.4, -0.2) is 36.1 Å². The van der Waals surface area contributed by atoms with Gasteiger partial charge in [0.05, 0.1) is 0 Å². The van der Waals surface area contributed by atoms with Crippen LogP contribution in [-0.2, 0) is 29.0 Å². The number of nitrogens with one attached hydrogen (secondary N) is 1. The van der Waals surface area contributed by atoms with Crippen molar-refractivity contribution in [2.24, 2.45) is 0 Å². The molecule has 3 aromatic rings. The van der Waals surface area contributed by atoms with Gasteiger partial charge in [-0.05, 0) is 48.6 Å². The molecule has 37 heavy (non-hydrogen) atoms. The smallest absolute Gasteiger partial charge is 0.243 e. The summed E-state index contributed by atoms with van der Waals surface area (Å²) in [4.78, 5) is 29.0. The minimum atomic E-state index is -0.607. The predicted octanol–water partition coefficient (Wildman–Crippen LogP) is 5.21. The maximum absolute atomic E-state index is 13.8. The summed E-state index contributed by atoms with van der Waals surface area (Å²) >= 11 is 0. The number of carbonyl (C=O) groups excluding carboxylic acids is 2. The first-order valence-corrected chi connectivity index (χ1v) is 13.1. The van der Waals surface area contributed by atoms with Crippen LogP contribution in [0.4, 0.5) is 0 Å². The van der Waals surface area contributed by atoms with Gasteiger partial charge in [-0.15, -0.1) is 0 Å². The van der Waals surface area contributed by atoms with Gasteiger partial charge in [0.1, 0.15) is 6.04 Å². The molecule has 6 heteroatoms. The Kier molecular flexibility index (Phi) is 9.19. The van der Waals surface area contributed by atoms with Crippen molar-refractivity contribution in [3.8, 4) is 11.5 Å². The maximum Gasteiger partial charge on any atom is 0.243 e. The zero-order chi connectivity index (χ0) is 26.0. The van der Waals surface area contributed by atoms with Crippen LogP contribution in [0.25, 0.3) is 0 Å². The van der Waals surface area contributed by atoms with Crippen LogP contribution in [0.15, 0.2) is 72.8 Å². The first-order valence-electron chi connectivity index (χ1n) is 13.1. The van der Waals surface area contributed by atoms with Crippen LogP contribution in [0.5, 0.6) is 11.5 Å². The number of benzene rings is 3.